The van der Waals surface area contributed by atoms with E-state index in [4.69, 9.17) is 14.2 Å². The zero-order valence-corrected chi connectivity index (χ0v) is 103. The van der Waals surface area contributed by atoms with E-state index in [-0.39, 0.29) is 5.60 Å². The molecule has 1 N–H and O–H groups in total. The standard InChI is InChI=1S/2C12H25N.2C11H23NO.2C11H23N.C11H22.C10H21N.C10H23N.C10H20.C9H21N.C8H16O/c1-12(2,3)8-4-5-9-13-10-6-7-11-13;1-5-13-9-7-11(10-13)6-8-12(2,3)4;1-10(2)13-9-5-8-12(3)11-6-4-7-11;1-11(2,3)13-10-6-9-12-7-4-5-8-12;1-11(2,3)7-5-10-6-8-12(4)9-10;1-5-12-8-10(9-12)6-7-11(2,3)4;1-11(2,3)9-8-10-6-4-5-7-10;1-10(2,3)6-5-9-7-11(4)8-9;1-10(2,3)8-6-7-9-11(4)5;1-10(2,3)8-7-9-5-4-6-9;1-9(2,3)7-5-6-8-10-4;1-7(2)9-6-8-4-3-5-8/h4-11H2,1-3H3;11H,5-10H2,1-4H3;10-11H,4-9H2,1-3H3;4-10H2,1-3H3;2*10H,5-9H2,1-4H3;10H,4-9H2,1-3H3;9H,5-8H2,1-4H3;6-9H2,1-5H3;9H,4-8H2,1-3H3;10H,5-8H2,1-4H3;7-8H,3-6H2,1-2H3. The van der Waals surface area contributed by atoms with Gasteiger partial charge >= 0.3 is 0 Å². The fourth-order valence-electron chi connectivity index (χ4n) is 19.1. The quantitative estimate of drug-likeness (QED) is 0.0597. The van der Waals surface area contributed by atoms with Gasteiger partial charge in [0.15, 0.2) is 0 Å². The van der Waals surface area contributed by atoms with Gasteiger partial charge in [-0.15, -0.1) is 0 Å². The van der Waals surface area contributed by atoms with E-state index in [9.17, 15) is 0 Å². The summed E-state index contributed by atoms with van der Waals surface area (Å²) in [6.07, 6.45) is 59.9. The maximum atomic E-state index is 5.66. The fraction of sp³-hybridized carbons (Fsp3) is 1.00. The highest BCUT2D eigenvalue weighted by molar-refractivity contribution is 4.84. The van der Waals surface area contributed by atoms with E-state index in [1.54, 1.807) is 0 Å². The molecule has 6 saturated heterocycles. The summed E-state index contributed by atoms with van der Waals surface area (Å²) in [5.74, 6) is 7.04. The van der Waals surface area contributed by atoms with E-state index in [0.29, 0.717) is 60.9 Å². The van der Waals surface area contributed by atoms with E-state index < -0.39 is 0 Å². The molecule has 0 aromatic heterocycles. The van der Waals surface area contributed by atoms with Crippen LogP contribution in [0.4, 0.5) is 0 Å². The van der Waals surface area contributed by atoms with Crippen LogP contribution in [0.2, 0.25) is 0 Å². The maximum absolute atomic E-state index is 5.66. The number of hydrogen-bond acceptors (Lipinski definition) is 12. The summed E-state index contributed by atoms with van der Waals surface area (Å²) in [5.41, 5.74) is 4.86. The van der Waals surface area contributed by atoms with Crippen molar-refractivity contribution in [1.29, 1.82) is 0 Å². The molecule has 832 valence electrons. The van der Waals surface area contributed by atoms with Gasteiger partial charge < -0.3 is 58.7 Å². The van der Waals surface area contributed by atoms with E-state index in [0.717, 1.165) is 73.8 Å². The van der Waals surface area contributed by atoms with Crippen LogP contribution in [0.5, 0.6) is 0 Å². The van der Waals surface area contributed by atoms with E-state index >= 15 is 0 Å². The number of rotatable bonds is 39. The molecule has 0 aromatic carbocycles. The Balaban J connectivity index is 0. The number of ether oxygens (including phenoxy) is 3. The highest BCUT2D eigenvalue weighted by atomic mass is 16.5. The third-order valence-corrected chi connectivity index (χ3v) is 29.7. The molecule has 12 nitrogen and oxygen atoms in total. The number of nitrogens with one attached hydrogen (secondary N) is 1. The van der Waals surface area contributed by atoms with Crippen molar-refractivity contribution in [1.82, 2.24) is 44.5 Å². The van der Waals surface area contributed by atoms with Crippen LogP contribution in [0.15, 0.2) is 0 Å². The van der Waals surface area contributed by atoms with Gasteiger partial charge in [0.05, 0.1) is 17.8 Å². The molecular weight excluding hydrogens is 1690 g/mol. The van der Waals surface area contributed by atoms with Crippen molar-refractivity contribution in [2.75, 3.05) is 186 Å². The topological polar surface area (TPSA) is 65.6 Å². The average molecular weight is 1950 g/mol. The highest BCUT2D eigenvalue weighted by Gasteiger charge is 2.30. The first-order chi connectivity index (χ1) is 63.7. The molecule has 6 aliphatic heterocycles. The molecule has 0 amide bonds. The Labute approximate surface area is 872 Å². The third kappa shape index (κ3) is 96.4. The molecule has 0 bridgehead atoms. The molecule has 2 unspecified atom stereocenters. The normalized spacial score (nSPS) is 20.0. The maximum Gasteiger partial charge on any atom is 0.0598 e. The van der Waals surface area contributed by atoms with E-state index in [2.05, 4.69) is 329 Å². The zero-order valence-electron chi connectivity index (χ0n) is 103. The van der Waals surface area contributed by atoms with Gasteiger partial charge in [0.1, 0.15) is 0 Å². The highest BCUT2D eigenvalue weighted by Crippen LogP contribution is 2.38. The molecule has 6 heterocycles. The molecule has 10 aliphatic rings. The van der Waals surface area contributed by atoms with Crippen LogP contribution in [0.25, 0.3) is 0 Å². The summed E-state index contributed by atoms with van der Waals surface area (Å²) in [6, 6.07) is 0.874. The first-order valence-electron chi connectivity index (χ1n) is 59.9. The molecule has 12 heteroatoms. The minimum atomic E-state index is 0.0327. The van der Waals surface area contributed by atoms with Gasteiger partial charge in [0.2, 0.25) is 0 Å². The molecule has 10 fully saturated rings. The fourth-order valence-corrected chi connectivity index (χ4v) is 19.1. The van der Waals surface area contributed by atoms with Gasteiger partial charge in [-0.1, -0.05) is 278 Å². The van der Waals surface area contributed by atoms with Crippen molar-refractivity contribution in [2.45, 2.75) is 543 Å². The second-order valence-corrected chi connectivity index (χ2v) is 58.7. The molecule has 4 aliphatic carbocycles. The van der Waals surface area contributed by atoms with Crippen molar-refractivity contribution in [3.63, 3.8) is 0 Å². The van der Waals surface area contributed by atoms with Crippen LogP contribution in [0, 0.1) is 90.2 Å². The molecule has 4 saturated carbocycles. The molecule has 2 atom stereocenters. The van der Waals surface area contributed by atoms with Crippen LogP contribution in [-0.4, -0.2) is 250 Å². The molecule has 0 spiro atoms. The Hall–Kier alpha value is -0.480. The molecule has 0 radical (unpaired) electrons. The number of likely N-dealkylation sites (tertiary alicyclic amines) is 6. The molecule has 138 heavy (non-hydrogen) atoms. The Bertz CT molecular complexity index is 2620. The van der Waals surface area contributed by atoms with Gasteiger partial charge in [-0.05, 0) is 446 Å². The summed E-state index contributed by atoms with van der Waals surface area (Å²) in [4.78, 5) is 19.8. The Morgan fingerprint density at radius 3 is 0.964 bits per heavy atom. The van der Waals surface area contributed by atoms with Gasteiger partial charge in [0.25, 0.3) is 0 Å². The second kappa shape index (κ2) is 76.1. The van der Waals surface area contributed by atoms with Crippen molar-refractivity contribution >= 4 is 0 Å². The summed E-state index contributed by atoms with van der Waals surface area (Å²) < 4.78 is 16.6. The molecule has 10 rings (SSSR count). The SMILES string of the molecule is CC(C)(C)CCC1CCC1.CC(C)(C)CCC1CCCC1.CC(C)(C)CCCCN1CCCC1.CC(C)(C)OCCCN1CCCC1.CC(C)OCC1CCC1.CC(C)OCCCN(C)C1CCC1.CCN1CC(CCC(C)(C)C)C1.CCN1CCC(CCC(C)(C)C)C1.CN(C)CCCCC(C)(C)C.CN1CC(CCC(C)(C)C)C1.CN1CCC(CCC(C)(C)C)C1.CNCCCCC(C)(C)C. The smallest absolute Gasteiger partial charge is 0.0598 e. The largest absolute Gasteiger partial charge is 0.379 e. The predicted molar refractivity (Wildman–Crippen MR) is 622 cm³/mol. The van der Waals surface area contributed by atoms with Crippen LogP contribution in [-0.2, 0) is 14.2 Å². The monoisotopic (exact) mass is 1950 g/mol. The first kappa shape index (κ1) is 140. The number of hydrogen-bond donors (Lipinski definition) is 1. The Morgan fingerprint density at radius 2 is 0.638 bits per heavy atom. The van der Waals surface area contributed by atoms with Crippen LogP contribution in [0.3, 0.4) is 0 Å². The van der Waals surface area contributed by atoms with Crippen LogP contribution in [0.1, 0.15) is 519 Å². The van der Waals surface area contributed by atoms with Gasteiger partial charge in [-0.25, -0.2) is 0 Å². The van der Waals surface area contributed by atoms with Crippen molar-refractivity contribution < 1.29 is 14.2 Å². The minimum Gasteiger partial charge on any atom is -0.379 e. The van der Waals surface area contributed by atoms with Crippen molar-refractivity contribution in [2.24, 2.45) is 90.2 Å². The Kier molecular flexibility index (Phi) is 77.0. The van der Waals surface area contributed by atoms with Crippen LogP contribution < -0.4 is 5.32 Å². The van der Waals surface area contributed by atoms with Gasteiger partial charge in [0, 0.05) is 78.2 Å². The van der Waals surface area contributed by atoms with Gasteiger partial charge in [-0.2, -0.15) is 0 Å². The van der Waals surface area contributed by atoms with Gasteiger partial charge in [-0.3, -0.25) is 0 Å². The summed E-state index contributed by atoms with van der Waals surface area (Å²) in [7, 11) is 13.0. The summed E-state index contributed by atoms with van der Waals surface area (Å²) >= 11 is 0. The van der Waals surface area contributed by atoms with E-state index in [1.165, 1.54) is 387 Å². The lowest BCUT2D eigenvalue weighted by Crippen LogP contribution is -2.46. The number of unbranched alkanes of at least 4 members (excludes halogenated alkanes) is 3. The second-order valence-electron chi connectivity index (χ2n) is 58.7. The summed E-state index contributed by atoms with van der Waals surface area (Å²) in [6.45, 7) is 110. The van der Waals surface area contributed by atoms with E-state index in [1.807, 2.05) is 7.05 Å². The first-order valence-corrected chi connectivity index (χ1v) is 59.9. The minimum absolute atomic E-state index is 0.0327. The lowest BCUT2D eigenvalue weighted by atomic mass is 9.78. The molecule has 0 aromatic rings. The van der Waals surface area contributed by atoms with Crippen molar-refractivity contribution in [3.8, 4) is 0 Å². The number of nitrogens with zero attached hydrogens (tertiary/aromatic N) is 8. The predicted octanol–water partition coefficient (Wildman–Crippen LogP) is 33.9. The Morgan fingerprint density at radius 1 is 0.297 bits per heavy atom. The third-order valence-electron chi connectivity index (χ3n) is 29.7. The zero-order chi connectivity index (χ0) is 105. The van der Waals surface area contributed by atoms with Crippen LogP contribution >= 0.6 is 0 Å². The lowest BCUT2D eigenvalue weighted by molar-refractivity contribution is -0.00634. The lowest BCUT2D eigenvalue weighted by Gasteiger charge is -2.39. The summed E-state index contributed by atoms with van der Waals surface area (Å²) in [5, 5.41) is 3.15. The molecular formula is C126H265N9O3. The van der Waals surface area contributed by atoms with Crippen molar-refractivity contribution in [3.05, 3.63) is 0 Å². The average Bonchev–Trinajstić information content (AvgIpc) is 1.50.